The van der Waals surface area contributed by atoms with Crippen LogP contribution >= 0.6 is 0 Å². The van der Waals surface area contributed by atoms with Gasteiger partial charge in [-0.2, -0.15) is 13.2 Å². The lowest BCUT2D eigenvalue weighted by atomic mass is 10.1. The maximum absolute atomic E-state index is 12.6. The zero-order chi connectivity index (χ0) is 19.9. The van der Waals surface area contributed by atoms with Crippen LogP contribution in [0.2, 0.25) is 0 Å². The lowest BCUT2D eigenvalue weighted by Gasteiger charge is -2.11. The van der Waals surface area contributed by atoms with Gasteiger partial charge in [-0.15, -0.1) is 0 Å². The fourth-order valence-electron chi connectivity index (χ4n) is 2.27. The molecule has 0 aliphatic heterocycles. The first kappa shape index (κ1) is 20.3. The van der Waals surface area contributed by atoms with Gasteiger partial charge in [-0.25, -0.2) is 0 Å². The number of rotatable bonds is 7. The van der Waals surface area contributed by atoms with Crippen LogP contribution in [0.4, 0.5) is 13.2 Å². The summed E-state index contributed by atoms with van der Waals surface area (Å²) in [7, 11) is 0. The molecule has 2 aromatic carbocycles. The highest BCUT2D eigenvalue weighted by molar-refractivity contribution is 5.97. The number of amides is 2. The topological polar surface area (TPSA) is 67.4 Å². The summed E-state index contributed by atoms with van der Waals surface area (Å²) >= 11 is 0. The van der Waals surface area contributed by atoms with Crippen molar-refractivity contribution in [2.75, 3.05) is 19.7 Å². The molecule has 2 rings (SSSR count). The highest BCUT2D eigenvalue weighted by atomic mass is 19.4. The Bertz CT molecular complexity index is 807. The minimum Gasteiger partial charge on any atom is -0.492 e. The molecule has 27 heavy (non-hydrogen) atoms. The first-order valence-corrected chi connectivity index (χ1v) is 8.18. The molecule has 2 aromatic rings. The van der Waals surface area contributed by atoms with Crippen molar-refractivity contribution >= 4 is 11.8 Å². The average molecular weight is 380 g/mol. The number of hydrogen-bond acceptors (Lipinski definition) is 3. The van der Waals surface area contributed by atoms with Gasteiger partial charge in [0.1, 0.15) is 12.4 Å². The van der Waals surface area contributed by atoms with Crippen LogP contribution in [0.5, 0.6) is 5.75 Å². The smallest absolute Gasteiger partial charge is 0.416 e. The predicted molar refractivity (Wildman–Crippen MR) is 93.5 cm³/mol. The van der Waals surface area contributed by atoms with Crippen LogP contribution in [-0.4, -0.2) is 31.5 Å². The molecule has 5 nitrogen and oxygen atoms in total. The summed E-state index contributed by atoms with van der Waals surface area (Å²) < 4.78 is 43.0. The first-order chi connectivity index (χ1) is 12.8. The zero-order valence-electron chi connectivity index (χ0n) is 14.6. The van der Waals surface area contributed by atoms with Crippen LogP contribution in [0.1, 0.15) is 21.5 Å². The van der Waals surface area contributed by atoms with Crippen molar-refractivity contribution in [3.63, 3.8) is 0 Å². The summed E-state index contributed by atoms with van der Waals surface area (Å²) in [5.74, 6) is -0.722. The van der Waals surface area contributed by atoms with Gasteiger partial charge in [-0.3, -0.25) is 9.59 Å². The lowest BCUT2D eigenvalue weighted by molar-refractivity contribution is -0.137. The van der Waals surface area contributed by atoms with Crippen molar-refractivity contribution in [2.24, 2.45) is 0 Å². The highest BCUT2D eigenvalue weighted by Gasteiger charge is 2.30. The second-order valence-corrected chi connectivity index (χ2v) is 5.72. The van der Waals surface area contributed by atoms with Gasteiger partial charge < -0.3 is 15.4 Å². The van der Waals surface area contributed by atoms with Gasteiger partial charge in [-0.05, 0) is 36.8 Å². The van der Waals surface area contributed by atoms with Crippen molar-refractivity contribution in [2.45, 2.75) is 13.1 Å². The van der Waals surface area contributed by atoms with Crippen LogP contribution < -0.4 is 15.4 Å². The largest absolute Gasteiger partial charge is 0.492 e. The van der Waals surface area contributed by atoms with E-state index in [9.17, 15) is 22.8 Å². The molecular weight excluding hydrogens is 361 g/mol. The first-order valence-electron chi connectivity index (χ1n) is 8.18. The summed E-state index contributed by atoms with van der Waals surface area (Å²) in [6.07, 6.45) is -4.44. The molecule has 144 valence electrons. The molecule has 2 amide bonds. The van der Waals surface area contributed by atoms with E-state index in [-0.39, 0.29) is 31.4 Å². The summed E-state index contributed by atoms with van der Waals surface area (Å²) in [6.45, 7) is 1.67. The van der Waals surface area contributed by atoms with Gasteiger partial charge in [0.05, 0.1) is 18.7 Å². The normalized spacial score (nSPS) is 11.0. The van der Waals surface area contributed by atoms with E-state index in [4.69, 9.17) is 4.74 Å². The van der Waals surface area contributed by atoms with E-state index >= 15 is 0 Å². The molecule has 2 N–H and O–H groups in total. The molecule has 0 bridgehead atoms. The molecule has 0 saturated carbocycles. The summed E-state index contributed by atoms with van der Waals surface area (Å²) in [5, 5.41) is 5.02. The quantitative estimate of drug-likeness (QED) is 0.726. The lowest BCUT2D eigenvalue weighted by Crippen LogP contribution is -2.38. The minimum atomic E-state index is -4.44. The number of carbonyl (C=O) groups is 2. The summed E-state index contributed by atoms with van der Waals surface area (Å²) in [5.41, 5.74) is 0.478. The van der Waals surface area contributed by atoms with E-state index in [1.807, 2.05) is 6.07 Å². The third-order valence-corrected chi connectivity index (χ3v) is 3.65. The molecule has 0 aromatic heterocycles. The van der Waals surface area contributed by atoms with Crippen molar-refractivity contribution in [1.82, 2.24) is 10.6 Å². The Balaban J connectivity index is 1.71. The number of alkyl halides is 3. The molecule has 0 fully saturated rings. The van der Waals surface area contributed by atoms with Crippen LogP contribution in [0.3, 0.4) is 0 Å². The molecule has 0 spiro atoms. The van der Waals surface area contributed by atoms with Gasteiger partial charge in [0, 0.05) is 5.56 Å². The number of halogens is 3. The van der Waals surface area contributed by atoms with Crippen LogP contribution in [0.15, 0.2) is 48.5 Å². The summed E-state index contributed by atoms with van der Waals surface area (Å²) in [4.78, 5) is 23.7. The standard InChI is InChI=1S/C19H19F3N2O3/c1-13-5-2-3-8-16(13)18(26)24-12-17(25)23-9-10-27-15-7-4-6-14(11-15)19(20,21)22/h2-8,11H,9-10,12H2,1H3,(H,23,25)(H,24,26). The van der Waals surface area contributed by atoms with E-state index in [0.29, 0.717) is 5.56 Å². The van der Waals surface area contributed by atoms with Crippen molar-refractivity contribution in [3.8, 4) is 5.75 Å². The molecule has 0 atom stereocenters. The predicted octanol–water partition coefficient (Wildman–Crippen LogP) is 2.94. The minimum absolute atomic E-state index is 0.00120. The molecular formula is C19H19F3N2O3. The monoisotopic (exact) mass is 380 g/mol. The molecule has 0 aliphatic carbocycles. The fraction of sp³-hybridized carbons (Fsp3) is 0.263. The van der Waals surface area contributed by atoms with Crippen molar-refractivity contribution < 1.29 is 27.5 Å². The maximum Gasteiger partial charge on any atom is 0.416 e. The zero-order valence-corrected chi connectivity index (χ0v) is 14.6. The Morgan fingerprint density at radius 2 is 1.78 bits per heavy atom. The van der Waals surface area contributed by atoms with Crippen LogP contribution in [-0.2, 0) is 11.0 Å². The molecule has 0 aliphatic rings. The Morgan fingerprint density at radius 3 is 2.48 bits per heavy atom. The second kappa shape index (κ2) is 9.07. The molecule has 0 saturated heterocycles. The number of nitrogens with one attached hydrogen (secondary N) is 2. The van der Waals surface area contributed by atoms with E-state index < -0.39 is 17.6 Å². The van der Waals surface area contributed by atoms with E-state index in [0.717, 1.165) is 17.7 Å². The van der Waals surface area contributed by atoms with E-state index in [1.165, 1.54) is 12.1 Å². The number of aryl methyl sites for hydroxylation is 1. The second-order valence-electron chi connectivity index (χ2n) is 5.72. The number of benzene rings is 2. The van der Waals surface area contributed by atoms with E-state index in [2.05, 4.69) is 10.6 Å². The highest BCUT2D eigenvalue weighted by Crippen LogP contribution is 2.31. The van der Waals surface area contributed by atoms with Crippen molar-refractivity contribution in [3.05, 3.63) is 65.2 Å². The third kappa shape index (κ3) is 6.32. The Kier molecular flexibility index (Phi) is 6.81. The number of carbonyl (C=O) groups excluding carboxylic acids is 2. The molecule has 8 heteroatoms. The van der Waals surface area contributed by atoms with E-state index in [1.54, 1.807) is 25.1 Å². The molecule has 0 unspecified atom stereocenters. The molecule has 0 radical (unpaired) electrons. The van der Waals surface area contributed by atoms with Crippen LogP contribution in [0.25, 0.3) is 0 Å². The molecule has 0 heterocycles. The number of ether oxygens (including phenoxy) is 1. The van der Waals surface area contributed by atoms with Crippen LogP contribution in [0, 0.1) is 6.92 Å². The van der Waals surface area contributed by atoms with Gasteiger partial charge in [-0.1, -0.05) is 24.3 Å². The van der Waals surface area contributed by atoms with Gasteiger partial charge in [0.2, 0.25) is 5.91 Å². The SMILES string of the molecule is Cc1ccccc1C(=O)NCC(=O)NCCOc1cccc(C(F)(F)F)c1. The maximum atomic E-state index is 12.6. The fourth-order valence-corrected chi connectivity index (χ4v) is 2.27. The Labute approximate surface area is 154 Å². The summed E-state index contributed by atoms with van der Waals surface area (Å²) in [6, 6.07) is 11.5. The Hall–Kier alpha value is -3.03. The Morgan fingerprint density at radius 1 is 1.04 bits per heavy atom. The van der Waals surface area contributed by atoms with Gasteiger partial charge in [0.15, 0.2) is 0 Å². The number of hydrogen-bond donors (Lipinski definition) is 2. The van der Waals surface area contributed by atoms with Gasteiger partial charge >= 0.3 is 6.18 Å². The van der Waals surface area contributed by atoms with Gasteiger partial charge in [0.25, 0.3) is 5.91 Å². The van der Waals surface area contributed by atoms with Crippen molar-refractivity contribution in [1.29, 1.82) is 0 Å². The third-order valence-electron chi connectivity index (χ3n) is 3.65. The average Bonchev–Trinajstić information content (AvgIpc) is 2.63.